The van der Waals surface area contributed by atoms with Crippen molar-refractivity contribution >= 4 is 0 Å². The van der Waals surface area contributed by atoms with Crippen molar-refractivity contribution in [2.45, 2.75) is 51.5 Å². The van der Waals surface area contributed by atoms with Crippen molar-refractivity contribution < 1.29 is 0 Å². The second kappa shape index (κ2) is 6.75. The molecule has 2 rings (SSSR count). The van der Waals surface area contributed by atoms with E-state index in [4.69, 9.17) is 0 Å². The average molecular weight is 232 g/mol. The molecule has 1 saturated carbocycles. The van der Waals surface area contributed by atoms with E-state index < -0.39 is 0 Å². The van der Waals surface area contributed by atoms with Gasteiger partial charge in [0.2, 0.25) is 0 Å². The Bertz CT molecular complexity index is 304. The van der Waals surface area contributed by atoms with E-state index in [2.05, 4.69) is 29.4 Å². The lowest BCUT2D eigenvalue weighted by molar-refractivity contribution is 0.329. The van der Waals surface area contributed by atoms with E-state index in [0.29, 0.717) is 6.04 Å². The third kappa shape index (κ3) is 4.12. The van der Waals surface area contributed by atoms with Gasteiger partial charge in [-0.15, -0.1) is 0 Å². The highest BCUT2D eigenvalue weighted by Gasteiger charge is 2.13. The maximum absolute atomic E-state index is 4.05. The van der Waals surface area contributed by atoms with Crippen molar-refractivity contribution in [2.24, 2.45) is 5.92 Å². The summed E-state index contributed by atoms with van der Waals surface area (Å²) >= 11 is 0. The first-order chi connectivity index (χ1) is 8.36. The quantitative estimate of drug-likeness (QED) is 0.837. The van der Waals surface area contributed by atoms with E-state index in [9.17, 15) is 0 Å². The molecule has 1 aliphatic rings. The van der Waals surface area contributed by atoms with Crippen LogP contribution in [-0.4, -0.2) is 11.5 Å². The summed E-state index contributed by atoms with van der Waals surface area (Å²) in [6, 6.07) is 4.64. The summed E-state index contributed by atoms with van der Waals surface area (Å²) in [5, 5.41) is 3.62. The summed E-state index contributed by atoms with van der Waals surface area (Å²) in [5.74, 6) is 0.973. The second-order valence-corrected chi connectivity index (χ2v) is 5.25. The molecular formula is C15H24N2. The van der Waals surface area contributed by atoms with E-state index >= 15 is 0 Å². The maximum atomic E-state index is 4.05. The van der Waals surface area contributed by atoms with Crippen LogP contribution in [0.5, 0.6) is 0 Å². The normalized spacial score (nSPS) is 19.1. The van der Waals surface area contributed by atoms with Gasteiger partial charge in [0.15, 0.2) is 0 Å². The van der Waals surface area contributed by atoms with E-state index in [1.807, 2.05) is 12.4 Å². The molecule has 0 aromatic carbocycles. The van der Waals surface area contributed by atoms with Gasteiger partial charge in [0.25, 0.3) is 0 Å². The van der Waals surface area contributed by atoms with E-state index in [-0.39, 0.29) is 0 Å². The highest BCUT2D eigenvalue weighted by atomic mass is 14.9. The van der Waals surface area contributed by atoms with Crippen molar-refractivity contribution in [3.05, 3.63) is 30.1 Å². The summed E-state index contributed by atoms with van der Waals surface area (Å²) in [5.41, 5.74) is 1.34. The molecule has 1 N–H and O–H groups in total. The number of hydrogen-bond donors (Lipinski definition) is 1. The summed E-state index contributed by atoms with van der Waals surface area (Å²) in [4.78, 5) is 4.05. The van der Waals surface area contributed by atoms with Crippen LogP contribution < -0.4 is 5.32 Å². The Labute approximate surface area is 105 Å². The van der Waals surface area contributed by atoms with E-state index in [1.165, 1.54) is 44.1 Å². The van der Waals surface area contributed by atoms with Crippen molar-refractivity contribution in [2.75, 3.05) is 6.54 Å². The highest BCUT2D eigenvalue weighted by Crippen LogP contribution is 2.26. The molecule has 1 aliphatic carbocycles. The Morgan fingerprint density at radius 2 is 1.94 bits per heavy atom. The van der Waals surface area contributed by atoms with Gasteiger partial charge in [0.1, 0.15) is 0 Å². The molecule has 1 atom stereocenters. The first kappa shape index (κ1) is 12.6. The number of hydrogen-bond acceptors (Lipinski definition) is 2. The van der Waals surface area contributed by atoms with Crippen LogP contribution in [0.4, 0.5) is 0 Å². The molecule has 2 nitrogen and oxygen atoms in total. The van der Waals surface area contributed by atoms with Crippen LogP contribution in [0.25, 0.3) is 0 Å². The van der Waals surface area contributed by atoms with Gasteiger partial charge in [-0.25, -0.2) is 0 Å². The molecule has 0 radical (unpaired) electrons. The third-order valence-electron chi connectivity index (χ3n) is 3.93. The molecule has 17 heavy (non-hydrogen) atoms. The number of pyridine rings is 1. The van der Waals surface area contributed by atoms with Gasteiger partial charge in [-0.1, -0.05) is 32.1 Å². The average Bonchev–Trinajstić information content (AvgIpc) is 2.41. The fourth-order valence-electron chi connectivity index (χ4n) is 2.75. The predicted molar refractivity (Wildman–Crippen MR) is 71.8 cm³/mol. The Balaban J connectivity index is 1.67. The Kier molecular flexibility index (Phi) is 4.99. The molecule has 0 amide bonds. The molecule has 0 bridgehead atoms. The summed E-state index contributed by atoms with van der Waals surface area (Å²) in [6.45, 7) is 3.38. The van der Waals surface area contributed by atoms with Gasteiger partial charge in [-0.2, -0.15) is 0 Å². The van der Waals surface area contributed by atoms with Crippen LogP contribution in [-0.2, 0) is 0 Å². The monoisotopic (exact) mass is 232 g/mol. The van der Waals surface area contributed by atoms with Crippen molar-refractivity contribution in [1.82, 2.24) is 10.3 Å². The van der Waals surface area contributed by atoms with Crippen LogP contribution >= 0.6 is 0 Å². The highest BCUT2D eigenvalue weighted by molar-refractivity contribution is 5.13. The summed E-state index contributed by atoms with van der Waals surface area (Å²) < 4.78 is 0. The maximum Gasteiger partial charge on any atom is 0.0292 e. The fourth-order valence-corrected chi connectivity index (χ4v) is 2.75. The molecule has 1 heterocycles. The first-order valence-corrected chi connectivity index (χ1v) is 6.99. The van der Waals surface area contributed by atoms with E-state index in [1.54, 1.807) is 0 Å². The smallest absolute Gasteiger partial charge is 0.0292 e. The van der Waals surface area contributed by atoms with E-state index in [0.717, 1.165) is 12.5 Å². The fraction of sp³-hybridized carbons (Fsp3) is 0.667. The van der Waals surface area contributed by atoms with Gasteiger partial charge in [-0.05, 0) is 43.5 Å². The van der Waals surface area contributed by atoms with Gasteiger partial charge >= 0.3 is 0 Å². The number of rotatable bonds is 5. The Hall–Kier alpha value is -0.890. The second-order valence-electron chi connectivity index (χ2n) is 5.25. The molecule has 2 heteroatoms. The minimum Gasteiger partial charge on any atom is -0.310 e. The van der Waals surface area contributed by atoms with Crippen molar-refractivity contribution in [3.63, 3.8) is 0 Å². The molecular weight excluding hydrogens is 208 g/mol. The van der Waals surface area contributed by atoms with Crippen LogP contribution in [0.2, 0.25) is 0 Å². The van der Waals surface area contributed by atoms with Gasteiger partial charge in [0.05, 0.1) is 0 Å². The molecule has 0 saturated heterocycles. The zero-order chi connectivity index (χ0) is 11.9. The minimum absolute atomic E-state index is 0.446. The number of aromatic nitrogens is 1. The Morgan fingerprint density at radius 1 is 1.24 bits per heavy atom. The van der Waals surface area contributed by atoms with Crippen LogP contribution in [0.15, 0.2) is 24.5 Å². The van der Waals surface area contributed by atoms with Crippen LogP contribution in [0, 0.1) is 5.92 Å². The van der Waals surface area contributed by atoms with Crippen LogP contribution in [0.1, 0.15) is 57.1 Å². The molecule has 0 unspecified atom stereocenters. The SMILES string of the molecule is C[C@H](NCCC1CCCCC1)c1ccncc1. The van der Waals surface area contributed by atoms with Gasteiger partial charge < -0.3 is 5.32 Å². The first-order valence-electron chi connectivity index (χ1n) is 6.99. The number of nitrogens with zero attached hydrogens (tertiary/aromatic N) is 1. The summed E-state index contributed by atoms with van der Waals surface area (Å²) in [7, 11) is 0. The lowest BCUT2D eigenvalue weighted by atomic mass is 9.87. The van der Waals surface area contributed by atoms with Gasteiger partial charge in [0, 0.05) is 18.4 Å². The largest absolute Gasteiger partial charge is 0.310 e. The Morgan fingerprint density at radius 3 is 2.65 bits per heavy atom. The molecule has 1 fully saturated rings. The standard InChI is InChI=1S/C15H24N2/c1-13(15-8-10-16-11-9-15)17-12-7-14-5-3-2-4-6-14/h8-11,13-14,17H,2-7,12H2,1H3/t13-/m0/s1. The van der Waals surface area contributed by atoms with Crippen LogP contribution in [0.3, 0.4) is 0 Å². The lowest BCUT2D eigenvalue weighted by Gasteiger charge is -2.22. The minimum atomic E-state index is 0.446. The zero-order valence-corrected chi connectivity index (χ0v) is 10.9. The molecule has 94 valence electrons. The summed E-state index contributed by atoms with van der Waals surface area (Å²) in [6.07, 6.45) is 12.3. The topological polar surface area (TPSA) is 24.9 Å². The number of nitrogens with one attached hydrogen (secondary N) is 1. The third-order valence-corrected chi connectivity index (χ3v) is 3.93. The van der Waals surface area contributed by atoms with Crippen molar-refractivity contribution in [1.29, 1.82) is 0 Å². The molecule has 0 spiro atoms. The molecule has 1 aromatic heterocycles. The molecule has 1 aromatic rings. The van der Waals surface area contributed by atoms with Gasteiger partial charge in [-0.3, -0.25) is 4.98 Å². The molecule has 0 aliphatic heterocycles. The van der Waals surface area contributed by atoms with Crippen molar-refractivity contribution in [3.8, 4) is 0 Å². The lowest BCUT2D eigenvalue weighted by Crippen LogP contribution is -2.22. The zero-order valence-electron chi connectivity index (χ0n) is 10.9. The predicted octanol–water partition coefficient (Wildman–Crippen LogP) is 3.70.